The molecule has 0 saturated carbocycles. The van der Waals surface area contributed by atoms with Gasteiger partial charge in [-0.1, -0.05) is 110 Å². The van der Waals surface area contributed by atoms with E-state index in [4.69, 9.17) is 5.73 Å². The zero-order valence-electron chi connectivity index (χ0n) is 16.9. The molecule has 1 heteroatoms. The van der Waals surface area contributed by atoms with Gasteiger partial charge in [0.25, 0.3) is 0 Å². The van der Waals surface area contributed by atoms with Crippen LogP contribution in [0.2, 0.25) is 0 Å². The largest absolute Gasteiger partial charge is 0.398 e. The number of hydrogen-bond donors (Lipinski definition) is 1. The van der Waals surface area contributed by atoms with Crippen molar-refractivity contribution in [2.45, 2.75) is 25.7 Å². The molecule has 1 nitrogen and oxygen atoms in total. The highest BCUT2D eigenvalue weighted by Crippen LogP contribution is 2.27. The third kappa shape index (κ3) is 4.57. The van der Waals surface area contributed by atoms with E-state index in [2.05, 4.69) is 104 Å². The molecule has 0 heterocycles. The predicted octanol–water partition coefficient (Wildman–Crippen LogP) is 7.19. The second-order valence-corrected chi connectivity index (χ2v) is 7.63. The summed E-state index contributed by atoms with van der Waals surface area (Å²) in [5, 5.41) is 0. The molecule has 1 atom stereocenters. The Bertz CT molecular complexity index is 1040. The summed E-state index contributed by atoms with van der Waals surface area (Å²) in [6.07, 6.45) is 11.0. The van der Waals surface area contributed by atoms with Crippen molar-refractivity contribution in [2.75, 3.05) is 0 Å². The summed E-state index contributed by atoms with van der Waals surface area (Å²) in [4.78, 5) is 0. The Balaban J connectivity index is 1.48. The standard InChI is InChI=1S/C28H27N/c1-21(22-12-14-25(15-13-22)23-8-4-2-5-9-23)20-28(29)27-18-16-26(17-19-27)24-10-6-3-7-11-24/h2-4,6-8,10-21H,5,9,29H2,1H3/b28-20-. The third-order valence-electron chi connectivity index (χ3n) is 5.58. The molecule has 144 valence electrons. The maximum Gasteiger partial charge on any atom is 0.0353 e. The Hall–Kier alpha value is -3.32. The Kier molecular flexibility index (Phi) is 5.76. The van der Waals surface area contributed by atoms with Crippen molar-refractivity contribution in [2.24, 2.45) is 5.73 Å². The molecule has 0 fully saturated rings. The lowest BCUT2D eigenvalue weighted by atomic mass is 9.93. The van der Waals surface area contributed by atoms with Crippen molar-refractivity contribution in [3.05, 3.63) is 120 Å². The molecule has 1 aliphatic rings. The molecule has 29 heavy (non-hydrogen) atoms. The molecule has 3 aromatic carbocycles. The van der Waals surface area contributed by atoms with Gasteiger partial charge in [0.1, 0.15) is 0 Å². The van der Waals surface area contributed by atoms with Gasteiger partial charge in [-0.05, 0) is 46.2 Å². The van der Waals surface area contributed by atoms with Crippen LogP contribution in [-0.4, -0.2) is 0 Å². The molecule has 2 N–H and O–H groups in total. The van der Waals surface area contributed by atoms with E-state index in [1.165, 1.54) is 27.8 Å². The van der Waals surface area contributed by atoms with Crippen molar-refractivity contribution in [1.82, 2.24) is 0 Å². The summed E-state index contributed by atoms with van der Waals surface area (Å²) in [7, 11) is 0. The van der Waals surface area contributed by atoms with Crippen molar-refractivity contribution >= 4 is 11.3 Å². The summed E-state index contributed by atoms with van der Waals surface area (Å²) in [5.74, 6) is 0.262. The molecular formula is C28H27N. The second-order valence-electron chi connectivity index (χ2n) is 7.63. The van der Waals surface area contributed by atoms with Crippen molar-refractivity contribution < 1.29 is 0 Å². The topological polar surface area (TPSA) is 26.0 Å². The van der Waals surface area contributed by atoms with Gasteiger partial charge in [-0.15, -0.1) is 0 Å². The van der Waals surface area contributed by atoms with Crippen LogP contribution in [0.3, 0.4) is 0 Å². The Morgan fingerprint density at radius 1 is 0.828 bits per heavy atom. The van der Waals surface area contributed by atoms with Crippen LogP contribution in [0.1, 0.15) is 42.4 Å². The van der Waals surface area contributed by atoms with Gasteiger partial charge in [0, 0.05) is 11.6 Å². The van der Waals surface area contributed by atoms with Crippen molar-refractivity contribution in [3.8, 4) is 11.1 Å². The Morgan fingerprint density at radius 2 is 1.48 bits per heavy atom. The van der Waals surface area contributed by atoms with Gasteiger partial charge in [-0.2, -0.15) is 0 Å². The van der Waals surface area contributed by atoms with Gasteiger partial charge in [0.2, 0.25) is 0 Å². The fraction of sp³-hybridized carbons (Fsp3) is 0.143. The van der Waals surface area contributed by atoms with Gasteiger partial charge >= 0.3 is 0 Å². The molecule has 4 rings (SSSR count). The molecule has 0 aromatic heterocycles. The summed E-state index contributed by atoms with van der Waals surface area (Å²) in [6.45, 7) is 2.20. The van der Waals surface area contributed by atoms with Crippen LogP contribution in [0, 0.1) is 0 Å². The summed E-state index contributed by atoms with van der Waals surface area (Å²) in [5.41, 5.74) is 14.7. The van der Waals surface area contributed by atoms with Crippen LogP contribution in [0.5, 0.6) is 0 Å². The molecule has 1 aliphatic carbocycles. The van der Waals surface area contributed by atoms with E-state index in [0.717, 1.165) is 24.1 Å². The summed E-state index contributed by atoms with van der Waals surface area (Å²) >= 11 is 0. The van der Waals surface area contributed by atoms with Crippen LogP contribution >= 0.6 is 0 Å². The average molecular weight is 378 g/mol. The highest BCUT2D eigenvalue weighted by atomic mass is 14.6. The molecule has 0 amide bonds. The smallest absolute Gasteiger partial charge is 0.0353 e. The minimum absolute atomic E-state index is 0.262. The molecule has 0 aliphatic heterocycles. The Morgan fingerprint density at radius 3 is 2.14 bits per heavy atom. The van der Waals surface area contributed by atoms with Gasteiger partial charge in [0.05, 0.1) is 0 Å². The molecular weight excluding hydrogens is 350 g/mol. The van der Waals surface area contributed by atoms with Crippen LogP contribution < -0.4 is 5.73 Å². The van der Waals surface area contributed by atoms with Crippen LogP contribution in [0.4, 0.5) is 0 Å². The maximum absolute atomic E-state index is 6.41. The third-order valence-corrected chi connectivity index (χ3v) is 5.58. The predicted molar refractivity (Wildman–Crippen MR) is 125 cm³/mol. The lowest BCUT2D eigenvalue weighted by Gasteiger charge is -2.13. The fourth-order valence-electron chi connectivity index (χ4n) is 3.79. The molecule has 0 bridgehead atoms. The van der Waals surface area contributed by atoms with E-state index in [-0.39, 0.29) is 5.92 Å². The van der Waals surface area contributed by atoms with Crippen molar-refractivity contribution in [3.63, 3.8) is 0 Å². The Labute approximate surface area is 173 Å². The van der Waals surface area contributed by atoms with E-state index in [1.54, 1.807) is 0 Å². The summed E-state index contributed by atoms with van der Waals surface area (Å²) in [6, 6.07) is 27.8. The molecule has 0 spiro atoms. The van der Waals surface area contributed by atoms with Gasteiger partial charge in [0.15, 0.2) is 0 Å². The SMILES string of the molecule is CC(/C=C(\N)c1ccc(-c2ccccc2)cc1)c1ccc(C2=CC=CCC2)cc1. The zero-order valence-corrected chi connectivity index (χ0v) is 16.9. The van der Waals surface area contributed by atoms with E-state index < -0.39 is 0 Å². The maximum atomic E-state index is 6.41. The molecule has 0 radical (unpaired) electrons. The van der Waals surface area contributed by atoms with Crippen LogP contribution in [0.15, 0.2) is 103 Å². The zero-order chi connectivity index (χ0) is 20.1. The van der Waals surface area contributed by atoms with E-state index in [9.17, 15) is 0 Å². The van der Waals surface area contributed by atoms with E-state index in [0.29, 0.717) is 0 Å². The highest BCUT2D eigenvalue weighted by Gasteiger charge is 2.08. The number of rotatable bonds is 5. The van der Waals surface area contributed by atoms with Crippen LogP contribution in [0.25, 0.3) is 22.4 Å². The monoisotopic (exact) mass is 377 g/mol. The second kappa shape index (κ2) is 8.79. The first-order valence-corrected chi connectivity index (χ1v) is 10.3. The van der Waals surface area contributed by atoms with Gasteiger partial charge in [-0.25, -0.2) is 0 Å². The minimum atomic E-state index is 0.262. The number of nitrogens with two attached hydrogens (primary N) is 1. The first-order valence-electron chi connectivity index (χ1n) is 10.3. The number of hydrogen-bond acceptors (Lipinski definition) is 1. The molecule has 3 aromatic rings. The average Bonchev–Trinajstić information content (AvgIpc) is 2.80. The number of allylic oxidation sites excluding steroid dienone is 5. The number of benzene rings is 3. The van der Waals surface area contributed by atoms with E-state index >= 15 is 0 Å². The first kappa shape index (κ1) is 19.0. The van der Waals surface area contributed by atoms with Crippen LogP contribution in [-0.2, 0) is 0 Å². The lowest BCUT2D eigenvalue weighted by Crippen LogP contribution is -2.00. The van der Waals surface area contributed by atoms with Gasteiger partial charge in [-0.3, -0.25) is 0 Å². The molecule has 1 unspecified atom stereocenters. The first-order chi connectivity index (χ1) is 14.2. The quantitative estimate of drug-likeness (QED) is 0.500. The van der Waals surface area contributed by atoms with E-state index in [1.807, 2.05) is 6.07 Å². The van der Waals surface area contributed by atoms with Crippen molar-refractivity contribution in [1.29, 1.82) is 0 Å². The lowest BCUT2D eigenvalue weighted by molar-refractivity contribution is 0.965. The molecule has 0 saturated heterocycles. The summed E-state index contributed by atoms with van der Waals surface area (Å²) < 4.78 is 0. The normalized spacial score (nSPS) is 15.1. The fourth-order valence-corrected chi connectivity index (χ4v) is 3.79. The minimum Gasteiger partial charge on any atom is -0.398 e. The highest BCUT2D eigenvalue weighted by molar-refractivity contribution is 5.70. The van der Waals surface area contributed by atoms with Gasteiger partial charge < -0.3 is 5.73 Å².